The van der Waals surface area contributed by atoms with Crippen molar-refractivity contribution < 1.29 is 19.4 Å². The lowest BCUT2D eigenvalue weighted by Crippen LogP contribution is -2.27. The monoisotopic (exact) mass is 446 g/mol. The quantitative estimate of drug-likeness (QED) is 0.171. The summed E-state index contributed by atoms with van der Waals surface area (Å²) in [7, 11) is 0. The van der Waals surface area contributed by atoms with Gasteiger partial charge in [-0.15, -0.1) is 0 Å². The molecule has 2 unspecified atom stereocenters. The molecule has 1 aromatic carbocycles. The molecule has 0 fully saturated rings. The molecular weight excluding hydrogens is 400 g/mol. The van der Waals surface area contributed by atoms with Crippen molar-refractivity contribution in [1.82, 2.24) is 0 Å². The number of ether oxygens (including phenoxy) is 1. The Kier molecular flexibility index (Phi) is 15.6. The van der Waals surface area contributed by atoms with Crippen molar-refractivity contribution in [2.75, 3.05) is 0 Å². The Bertz CT molecular complexity index is 623. The van der Waals surface area contributed by atoms with Crippen LogP contribution in [-0.4, -0.2) is 23.1 Å². The molecule has 2 atom stereocenters. The van der Waals surface area contributed by atoms with E-state index in [-0.39, 0.29) is 17.6 Å². The molecule has 0 amide bonds. The van der Waals surface area contributed by atoms with Crippen LogP contribution in [0.3, 0.4) is 0 Å². The van der Waals surface area contributed by atoms with Gasteiger partial charge in [-0.2, -0.15) is 0 Å². The third-order valence-corrected chi connectivity index (χ3v) is 6.33. The van der Waals surface area contributed by atoms with E-state index in [0.717, 1.165) is 32.1 Å². The summed E-state index contributed by atoms with van der Waals surface area (Å²) in [6.45, 7) is 6.66. The van der Waals surface area contributed by atoms with Crippen LogP contribution in [0.25, 0.3) is 0 Å². The van der Waals surface area contributed by atoms with Crippen LogP contribution >= 0.6 is 0 Å². The summed E-state index contributed by atoms with van der Waals surface area (Å²) >= 11 is 0. The van der Waals surface area contributed by atoms with Gasteiger partial charge in [0.25, 0.3) is 0 Å². The van der Waals surface area contributed by atoms with Crippen LogP contribution in [0.15, 0.2) is 24.3 Å². The molecule has 4 nitrogen and oxygen atoms in total. The molecule has 0 radical (unpaired) electrons. The number of aromatic carboxylic acids is 1. The van der Waals surface area contributed by atoms with Gasteiger partial charge >= 0.3 is 11.9 Å². The summed E-state index contributed by atoms with van der Waals surface area (Å²) in [5.74, 6) is -0.919. The minimum absolute atomic E-state index is 0.0569. The number of hydrogen-bond donors (Lipinski definition) is 1. The average Bonchev–Trinajstić information content (AvgIpc) is 2.79. The minimum atomic E-state index is -0.989. The number of carbonyl (C=O) groups excluding carboxylic acids is 1. The van der Waals surface area contributed by atoms with Gasteiger partial charge in [-0.3, -0.25) is 0 Å². The number of esters is 1. The maximum atomic E-state index is 12.8. The highest BCUT2D eigenvalue weighted by atomic mass is 16.5. The molecule has 0 saturated carbocycles. The third-order valence-electron chi connectivity index (χ3n) is 6.33. The fraction of sp³-hybridized carbons (Fsp3) is 0.714. The van der Waals surface area contributed by atoms with E-state index in [9.17, 15) is 9.59 Å². The van der Waals surface area contributed by atoms with Crippen LogP contribution in [-0.2, 0) is 4.74 Å². The van der Waals surface area contributed by atoms with Crippen molar-refractivity contribution in [2.24, 2.45) is 5.92 Å². The smallest absolute Gasteiger partial charge is 0.338 e. The topological polar surface area (TPSA) is 63.6 Å². The summed E-state index contributed by atoms with van der Waals surface area (Å²) in [5.41, 5.74) is 0.611. The summed E-state index contributed by atoms with van der Waals surface area (Å²) in [6.07, 6.45) is 17.9. The zero-order valence-electron chi connectivity index (χ0n) is 20.7. The highest BCUT2D eigenvalue weighted by Crippen LogP contribution is 2.27. The first-order chi connectivity index (χ1) is 15.5. The number of unbranched alkanes of at least 4 members (excludes halogenated alkanes) is 9. The second-order valence-electron chi connectivity index (χ2n) is 9.13. The van der Waals surface area contributed by atoms with E-state index in [0.29, 0.717) is 11.5 Å². The number of carboxylic acids is 1. The molecule has 182 valence electrons. The maximum absolute atomic E-state index is 12.8. The molecule has 0 aromatic heterocycles. The van der Waals surface area contributed by atoms with Gasteiger partial charge < -0.3 is 9.84 Å². The molecule has 32 heavy (non-hydrogen) atoms. The summed E-state index contributed by atoms with van der Waals surface area (Å²) in [5, 5.41) is 9.08. The van der Waals surface area contributed by atoms with Crippen LogP contribution in [0, 0.1) is 5.92 Å². The molecule has 0 spiro atoms. The summed E-state index contributed by atoms with van der Waals surface area (Å²) < 4.78 is 6.06. The van der Waals surface area contributed by atoms with Gasteiger partial charge in [0.1, 0.15) is 6.10 Å². The number of benzene rings is 1. The predicted octanol–water partition coefficient (Wildman–Crippen LogP) is 8.44. The van der Waals surface area contributed by atoms with Gasteiger partial charge in [-0.25, -0.2) is 9.59 Å². The Morgan fingerprint density at radius 1 is 0.688 bits per heavy atom. The van der Waals surface area contributed by atoms with E-state index >= 15 is 0 Å². The van der Waals surface area contributed by atoms with Crippen LogP contribution in [0.1, 0.15) is 138 Å². The summed E-state index contributed by atoms with van der Waals surface area (Å²) in [6, 6.07) is 6.06. The van der Waals surface area contributed by atoms with Crippen LogP contribution < -0.4 is 0 Å². The summed E-state index contributed by atoms with van der Waals surface area (Å²) in [4.78, 5) is 23.9. The number of carboxylic acid groups (broad SMARTS) is 1. The first-order valence-electron chi connectivity index (χ1n) is 13.1. The number of rotatable bonds is 19. The van der Waals surface area contributed by atoms with E-state index in [1.165, 1.54) is 76.3 Å². The van der Waals surface area contributed by atoms with E-state index in [1.807, 2.05) is 0 Å². The standard InChI is InChI=1S/C28H46O4/c1-4-7-9-10-11-12-13-15-18-26(23(16-6-3)17-14-8-5-2)32-28(31)25-21-19-24(20-22-25)27(29)30/h19-23,26H,4-18H2,1-3H3,(H,29,30). The Hall–Kier alpha value is -1.84. The van der Waals surface area contributed by atoms with Gasteiger partial charge in [0, 0.05) is 0 Å². The molecule has 4 heteroatoms. The molecule has 0 bridgehead atoms. The van der Waals surface area contributed by atoms with Crippen molar-refractivity contribution in [1.29, 1.82) is 0 Å². The Balaban J connectivity index is 2.69. The SMILES string of the molecule is CCCCCCCCCCC(OC(=O)c1ccc(C(=O)O)cc1)C(CCC)CCCCC. The normalized spacial score (nSPS) is 13.0. The second-order valence-corrected chi connectivity index (χ2v) is 9.13. The van der Waals surface area contributed by atoms with E-state index in [2.05, 4.69) is 20.8 Å². The highest BCUT2D eigenvalue weighted by Gasteiger charge is 2.25. The molecule has 0 heterocycles. The van der Waals surface area contributed by atoms with E-state index in [4.69, 9.17) is 9.84 Å². The van der Waals surface area contributed by atoms with Crippen molar-refractivity contribution in [2.45, 2.75) is 123 Å². The number of hydrogen-bond acceptors (Lipinski definition) is 3. The largest absolute Gasteiger partial charge is 0.478 e. The van der Waals surface area contributed by atoms with E-state index < -0.39 is 5.97 Å². The third kappa shape index (κ3) is 11.7. The molecule has 0 saturated heterocycles. The van der Waals surface area contributed by atoms with Crippen LogP contribution in [0.2, 0.25) is 0 Å². The lowest BCUT2D eigenvalue weighted by molar-refractivity contribution is 0.00673. The Morgan fingerprint density at radius 2 is 1.19 bits per heavy atom. The first-order valence-corrected chi connectivity index (χ1v) is 13.1. The van der Waals surface area contributed by atoms with Crippen molar-refractivity contribution >= 4 is 11.9 Å². The zero-order valence-corrected chi connectivity index (χ0v) is 20.7. The van der Waals surface area contributed by atoms with Gasteiger partial charge in [-0.1, -0.05) is 91.4 Å². The second kappa shape index (κ2) is 17.7. The van der Waals surface area contributed by atoms with Crippen molar-refractivity contribution in [3.63, 3.8) is 0 Å². The average molecular weight is 447 g/mol. The molecule has 0 aliphatic carbocycles. The fourth-order valence-corrected chi connectivity index (χ4v) is 4.37. The van der Waals surface area contributed by atoms with Crippen LogP contribution in [0.4, 0.5) is 0 Å². The Labute approximate surface area is 196 Å². The lowest BCUT2D eigenvalue weighted by atomic mass is 9.88. The number of carbonyl (C=O) groups is 2. The molecule has 0 aliphatic rings. The molecule has 0 aliphatic heterocycles. The van der Waals surface area contributed by atoms with E-state index in [1.54, 1.807) is 12.1 Å². The minimum Gasteiger partial charge on any atom is -0.478 e. The fourth-order valence-electron chi connectivity index (χ4n) is 4.37. The predicted molar refractivity (Wildman–Crippen MR) is 132 cm³/mol. The van der Waals surface area contributed by atoms with Gasteiger partial charge in [-0.05, 0) is 55.9 Å². The first kappa shape index (κ1) is 28.2. The molecule has 1 aromatic rings. The van der Waals surface area contributed by atoms with Gasteiger partial charge in [0.15, 0.2) is 0 Å². The zero-order chi connectivity index (χ0) is 23.6. The molecule has 1 N–H and O–H groups in total. The van der Waals surface area contributed by atoms with Crippen molar-refractivity contribution in [3.05, 3.63) is 35.4 Å². The molecular formula is C28H46O4. The van der Waals surface area contributed by atoms with Gasteiger partial charge in [0.2, 0.25) is 0 Å². The highest BCUT2D eigenvalue weighted by molar-refractivity contribution is 5.92. The Morgan fingerprint density at radius 3 is 1.75 bits per heavy atom. The van der Waals surface area contributed by atoms with Gasteiger partial charge in [0.05, 0.1) is 11.1 Å². The molecule has 1 rings (SSSR count). The maximum Gasteiger partial charge on any atom is 0.338 e. The van der Waals surface area contributed by atoms with Crippen molar-refractivity contribution in [3.8, 4) is 0 Å². The lowest BCUT2D eigenvalue weighted by Gasteiger charge is -2.27. The van der Waals surface area contributed by atoms with Crippen LogP contribution in [0.5, 0.6) is 0 Å².